The Hall–Kier alpha value is -0.380. The highest BCUT2D eigenvalue weighted by Crippen LogP contribution is 2.26. The molecule has 2 rings (SSSR count). The van der Waals surface area contributed by atoms with Crippen LogP contribution in [0.1, 0.15) is 24.0 Å². The van der Waals surface area contributed by atoms with Crippen molar-refractivity contribution >= 4 is 15.9 Å². The average molecular weight is 284 g/mol. The Bertz CT molecular complexity index is 372. The third kappa shape index (κ3) is 2.84. The molecule has 0 aliphatic carbocycles. The third-order valence-electron chi connectivity index (χ3n) is 3.36. The maximum atomic E-state index is 10.5. The maximum absolute atomic E-state index is 10.5. The summed E-state index contributed by atoms with van der Waals surface area (Å²) >= 11 is 3.48. The second kappa shape index (κ2) is 4.86. The molecule has 0 aromatic heterocycles. The van der Waals surface area contributed by atoms with E-state index in [0.29, 0.717) is 0 Å². The fourth-order valence-electron chi connectivity index (χ4n) is 2.25. The summed E-state index contributed by atoms with van der Waals surface area (Å²) in [6.45, 7) is 3.94. The van der Waals surface area contributed by atoms with Crippen molar-refractivity contribution in [3.63, 3.8) is 0 Å². The fraction of sp³-hybridized carbons (Fsp3) is 0.538. The molecule has 88 valence electrons. The van der Waals surface area contributed by atoms with Crippen molar-refractivity contribution in [3.8, 4) is 0 Å². The molecular formula is C13H18BrNO. The molecule has 1 aliphatic heterocycles. The number of piperidine rings is 1. The lowest BCUT2D eigenvalue weighted by Crippen LogP contribution is -2.43. The second-order valence-electron chi connectivity index (χ2n) is 4.72. The fourth-order valence-corrected chi connectivity index (χ4v) is 2.66. The highest BCUT2D eigenvalue weighted by Gasteiger charge is 2.29. The van der Waals surface area contributed by atoms with E-state index in [2.05, 4.69) is 40.3 Å². The van der Waals surface area contributed by atoms with Crippen molar-refractivity contribution in [2.75, 3.05) is 13.1 Å². The number of aryl methyl sites for hydroxylation is 1. The zero-order valence-electron chi connectivity index (χ0n) is 9.59. The number of nitrogens with one attached hydrogen (secondary N) is 1. The molecule has 0 bridgehead atoms. The van der Waals surface area contributed by atoms with Crippen LogP contribution in [0, 0.1) is 6.92 Å². The van der Waals surface area contributed by atoms with Crippen molar-refractivity contribution in [3.05, 3.63) is 33.8 Å². The van der Waals surface area contributed by atoms with Gasteiger partial charge in [-0.1, -0.05) is 22.0 Å². The molecule has 0 radical (unpaired) electrons. The summed E-state index contributed by atoms with van der Waals surface area (Å²) in [7, 11) is 0. The Morgan fingerprint density at radius 1 is 1.38 bits per heavy atom. The lowest BCUT2D eigenvalue weighted by atomic mass is 9.85. The predicted molar refractivity (Wildman–Crippen MR) is 69.6 cm³/mol. The molecule has 1 heterocycles. The molecule has 1 aliphatic rings. The van der Waals surface area contributed by atoms with E-state index >= 15 is 0 Å². The van der Waals surface area contributed by atoms with Gasteiger partial charge in [0.25, 0.3) is 0 Å². The normalized spacial score (nSPS) is 19.7. The summed E-state index contributed by atoms with van der Waals surface area (Å²) in [4.78, 5) is 0. The van der Waals surface area contributed by atoms with Gasteiger partial charge in [-0.25, -0.2) is 0 Å². The Morgan fingerprint density at radius 3 is 2.75 bits per heavy atom. The van der Waals surface area contributed by atoms with Gasteiger partial charge in [-0.15, -0.1) is 0 Å². The summed E-state index contributed by atoms with van der Waals surface area (Å²) in [5, 5.41) is 13.8. The standard InChI is InChI=1S/C13H18BrNO/c1-10-2-3-12(14)8-11(10)9-13(16)4-6-15-7-5-13/h2-3,8,15-16H,4-7,9H2,1H3. The average Bonchev–Trinajstić information content (AvgIpc) is 2.24. The van der Waals surface area contributed by atoms with Gasteiger partial charge in [-0.2, -0.15) is 0 Å². The van der Waals surface area contributed by atoms with Gasteiger partial charge < -0.3 is 10.4 Å². The zero-order valence-corrected chi connectivity index (χ0v) is 11.2. The Kier molecular flexibility index (Phi) is 3.67. The van der Waals surface area contributed by atoms with Gasteiger partial charge in [0.2, 0.25) is 0 Å². The van der Waals surface area contributed by atoms with E-state index in [1.807, 2.05) is 6.07 Å². The first-order chi connectivity index (χ1) is 7.59. The number of hydrogen-bond donors (Lipinski definition) is 2. The van der Waals surface area contributed by atoms with Gasteiger partial charge in [-0.05, 0) is 56.1 Å². The first kappa shape index (κ1) is 12.1. The maximum Gasteiger partial charge on any atom is 0.0712 e. The van der Waals surface area contributed by atoms with Gasteiger partial charge in [0.1, 0.15) is 0 Å². The van der Waals surface area contributed by atoms with Crippen LogP contribution in [0.4, 0.5) is 0 Å². The van der Waals surface area contributed by atoms with Crippen molar-refractivity contribution in [1.82, 2.24) is 5.32 Å². The molecule has 16 heavy (non-hydrogen) atoms. The monoisotopic (exact) mass is 283 g/mol. The molecular weight excluding hydrogens is 266 g/mol. The number of aliphatic hydroxyl groups is 1. The van der Waals surface area contributed by atoms with Crippen molar-refractivity contribution in [2.45, 2.75) is 31.8 Å². The summed E-state index contributed by atoms with van der Waals surface area (Å²) in [5.74, 6) is 0. The number of benzene rings is 1. The van der Waals surface area contributed by atoms with Crippen molar-refractivity contribution < 1.29 is 5.11 Å². The third-order valence-corrected chi connectivity index (χ3v) is 3.86. The summed E-state index contributed by atoms with van der Waals surface area (Å²) < 4.78 is 1.09. The number of hydrogen-bond acceptors (Lipinski definition) is 2. The molecule has 1 aromatic rings. The van der Waals surface area contributed by atoms with E-state index in [4.69, 9.17) is 0 Å². The first-order valence-electron chi connectivity index (χ1n) is 5.77. The van der Waals surface area contributed by atoms with Crippen LogP contribution in [-0.4, -0.2) is 23.8 Å². The molecule has 1 fully saturated rings. The van der Waals surface area contributed by atoms with E-state index in [9.17, 15) is 5.11 Å². The lowest BCUT2D eigenvalue weighted by Gasteiger charge is -2.33. The van der Waals surface area contributed by atoms with E-state index in [0.717, 1.165) is 36.8 Å². The number of rotatable bonds is 2. The highest BCUT2D eigenvalue weighted by atomic mass is 79.9. The SMILES string of the molecule is Cc1ccc(Br)cc1CC1(O)CCNCC1. The van der Waals surface area contributed by atoms with Crippen LogP contribution in [0.5, 0.6) is 0 Å². The van der Waals surface area contributed by atoms with Gasteiger partial charge in [0.05, 0.1) is 5.60 Å². The van der Waals surface area contributed by atoms with Crippen LogP contribution < -0.4 is 5.32 Å². The van der Waals surface area contributed by atoms with Gasteiger partial charge in [0, 0.05) is 10.9 Å². The Labute approximate surface area is 105 Å². The van der Waals surface area contributed by atoms with Gasteiger partial charge in [0.15, 0.2) is 0 Å². The molecule has 1 saturated heterocycles. The largest absolute Gasteiger partial charge is 0.389 e. The molecule has 2 nitrogen and oxygen atoms in total. The smallest absolute Gasteiger partial charge is 0.0712 e. The Morgan fingerprint density at radius 2 is 2.06 bits per heavy atom. The van der Waals surface area contributed by atoms with E-state index in [1.54, 1.807) is 0 Å². The summed E-state index contributed by atoms with van der Waals surface area (Å²) in [6, 6.07) is 6.27. The molecule has 0 saturated carbocycles. The summed E-state index contributed by atoms with van der Waals surface area (Å²) in [6.07, 6.45) is 2.46. The molecule has 2 N–H and O–H groups in total. The van der Waals surface area contributed by atoms with Crippen LogP contribution >= 0.6 is 15.9 Å². The minimum absolute atomic E-state index is 0.517. The van der Waals surface area contributed by atoms with Crippen LogP contribution in [0.2, 0.25) is 0 Å². The quantitative estimate of drug-likeness (QED) is 0.874. The van der Waals surface area contributed by atoms with Gasteiger partial charge in [-0.3, -0.25) is 0 Å². The Balaban J connectivity index is 2.15. The molecule has 0 spiro atoms. The highest BCUT2D eigenvalue weighted by molar-refractivity contribution is 9.10. The molecule has 0 unspecified atom stereocenters. The zero-order chi connectivity index (χ0) is 11.6. The van der Waals surface area contributed by atoms with Crippen molar-refractivity contribution in [1.29, 1.82) is 0 Å². The van der Waals surface area contributed by atoms with Crippen LogP contribution in [0.25, 0.3) is 0 Å². The molecule has 0 amide bonds. The van der Waals surface area contributed by atoms with E-state index in [1.165, 1.54) is 11.1 Å². The topological polar surface area (TPSA) is 32.3 Å². The second-order valence-corrected chi connectivity index (χ2v) is 5.64. The molecule has 0 atom stereocenters. The van der Waals surface area contributed by atoms with Gasteiger partial charge >= 0.3 is 0 Å². The van der Waals surface area contributed by atoms with E-state index < -0.39 is 5.60 Å². The van der Waals surface area contributed by atoms with Crippen molar-refractivity contribution in [2.24, 2.45) is 0 Å². The van der Waals surface area contributed by atoms with E-state index in [-0.39, 0.29) is 0 Å². The number of halogens is 1. The minimum Gasteiger partial charge on any atom is -0.389 e. The van der Waals surface area contributed by atoms with Crippen LogP contribution in [0.3, 0.4) is 0 Å². The lowest BCUT2D eigenvalue weighted by molar-refractivity contribution is 0.0107. The first-order valence-corrected chi connectivity index (χ1v) is 6.56. The summed E-state index contributed by atoms with van der Waals surface area (Å²) in [5.41, 5.74) is 1.99. The predicted octanol–water partition coefficient (Wildman–Crippen LogP) is 2.41. The molecule has 3 heteroatoms. The van der Waals surface area contributed by atoms with Crippen LogP contribution in [0.15, 0.2) is 22.7 Å². The molecule has 1 aromatic carbocycles. The minimum atomic E-state index is -0.517. The van der Waals surface area contributed by atoms with Crippen LogP contribution in [-0.2, 0) is 6.42 Å².